The monoisotopic (exact) mass is 224 g/mol. The van der Waals surface area contributed by atoms with E-state index in [1.165, 1.54) is 0 Å². The number of aliphatic hydroxyl groups excluding tert-OH is 1. The van der Waals surface area contributed by atoms with E-state index < -0.39 is 0 Å². The van der Waals surface area contributed by atoms with Crippen LogP contribution in [0.15, 0.2) is 12.4 Å². The highest BCUT2D eigenvalue weighted by molar-refractivity contribution is 4.96. The van der Waals surface area contributed by atoms with Gasteiger partial charge in [0, 0.05) is 25.4 Å². The summed E-state index contributed by atoms with van der Waals surface area (Å²) in [6, 6.07) is 0. The van der Waals surface area contributed by atoms with E-state index in [4.69, 9.17) is 0 Å². The summed E-state index contributed by atoms with van der Waals surface area (Å²) in [4.78, 5) is 4.33. The normalized spacial score (nSPS) is 14.1. The molecule has 1 rings (SSSR count). The molecule has 3 heteroatoms. The second kappa shape index (κ2) is 5.48. The number of aliphatic hydroxyl groups is 1. The molecule has 1 heterocycles. The minimum Gasteiger partial charge on any atom is -0.392 e. The third kappa shape index (κ3) is 3.08. The molecule has 1 aromatic heterocycles. The smallest absolute Gasteiger partial charge is 0.111 e. The Bertz CT molecular complexity index is 317. The van der Waals surface area contributed by atoms with Crippen molar-refractivity contribution in [3.8, 4) is 0 Å². The van der Waals surface area contributed by atoms with E-state index >= 15 is 0 Å². The average molecular weight is 224 g/mol. The Kier molecular flexibility index (Phi) is 4.54. The second-order valence-corrected chi connectivity index (χ2v) is 5.10. The molecule has 0 fully saturated rings. The fourth-order valence-corrected chi connectivity index (χ4v) is 1.66. The van der Waals surface area contributed by atoms with Crippen LogP contribution in [0.2, 0.25) is 0 Å². The van der Waals surface area contributed by atoms with Crippen LogP contribution in [0.5, 0.6) is 0 Å². The number of aryl methyl sites for hydroxylation is 1. The molecule has 3 nitrogen and oxygen atoms in total. The van der Waals surface area contributed by atoms with Crippen molar-refractivity contribution in [3.63, 3.8) is 0 Å². The summed E-state index contributed by atoms with van der Waals surface area (Å²) in [7, 11) is 0. The van der Waals surface area contributed by atoms with Crippen LogP contribution in [0.25, 0.3) is 0 Å². The summed E-state index contributed by atoms with van der Waals surface area (Å²) in [5.41, 5.74) is -0.0387. The molecule has 0 aliphatic heterocycles. The van der Waals surface area contributed by atoms with Crippen LogP contribution in [0.1, 0.15) is 46.4 Å². The maximum atomic E-state index is 10.2. The van der Waals surface area contributed by atoms with Crippen molar-refractivity contribution in [3.05, 3.63) is 18.2 Å². The molecule has 92 valence electrons. The van der Waals surface area contributed by atoms with E-state index in [2.05, 4.69) is 37.2 Å². The van der Waals surface area contributed by atoms with Crippen molar-refractivity contribution in [2.75, 3.05) is 0 Å². The Hall–Kier alpha value is -0.830. The lowest BCUT2D eigenvalue weighted by Crippen LogP contribution is -2.31. The Labute approximate surface area is 98.5 Å². The summed E-state index contributed by atoms with van der Waals surface area (Å²) in [5, 5.41) is 10.2. The van der Waals surface area contributed by atoms with Gasteiger partial charge in [0.15, 0.2) is 0 Å². The molecule has 1 aromatic rings. The first-order valence-corrected chi connectivity index (χ1v) is 6.19. The number of hydrogen-bond donors (Lipinski definition) is 1. The topological polar surface area (TPSA) is 38.0 Å². The minimum atomic E-state index is -0.324. The predicted molar refractivity (Wildman–Crippen MR) is 66.3 cm³/mol. The van der Waals surface area contributed by atoms with Crippen molar-refractivity contribution >= 4 is 0 Å². The zero-order chi connectivity index (χ0) is 12.2. The lowest BCUT2D eigenvalue weighted by atomic mass is 9.82. The molecular formula is C13H24N2O. The van der Waals surface area contributed by atoms with Crippen LogP contribution in [-0.2, 0) is 13.0 Å². The van der Waals surface area contributed by atoms with Gasteiger partial charge in [-0.05, 0) is 18.3 Å². The molecule has 0 saturated carbocycles. The van der Waals surface area contributed by atoms with Crippen LogP contribution < -0.4 is 0 Å². The molecular weight excluding hydrogens is 200 g/mol. The largest absolute Gasteiger partial charge is 0.392 e. The lowest BCUT2D eigenvalue weighted by molar-refractivity contribution is 0.0456. The van der Waals surface area contributed by atoms with Crippen molar-refractivity contribution in [2.24, 2.45) is 5.41 Å². The van der Waals surface area contributed by atoms with Crippen LogP contribution in [-0.4, -0.2) is 20.8 Å². The third-order valence-corrected chi connectivity index (χ3v) is 3.46. The van der Waals surface area contributed by atoms with Crippen molar-refractivity contribution < 1.29 is 5.11 Å². The second-order valence-electron chi connectivity index (χ2n) is 5.10. The predicted octanol–water partition coefficient (Wildman–Crippen LogP) is 2.63. The number of imidazole rings is 1. The van der Waals surface area contributed by atoms with Crippen molar-refractivity contribution in [1.29, 1.82) is 0 Å². The highest BCUT2D eigenvalue weighted by Gasteiger charge is 2.26. The average Bonchev–Trinajstić information content (AvgIpc) is 2.66. The van der Waals surface area contributed by atoms with Crippen LogP contribution in [0.4, 0.5) is 0 Å². The Balaban J connectivity index is 2.69. The van der Waals surface area contributed by atoms with E-state index in [0.29, 0.717) is 6.42 Å². The molecule has 0 amide bonds. The SMILES string of the molecule is CCCn1ccnc1CC(O)C(C)(C)CC. The van der Waals surface area contributed by atoms with Crippen LogP contribution >= 0.6 is 0 Å². The number of hydrogen-bond acceptors (Lipinski definition) is 2. The molecule has 0 aromatic carbocycles. The van der Waals surface area contributed by atoms with Gasteiger partial charge in [0.1, 0.15) is 5.82 Å². The molecule has 16 heavy (non-hydrogen) atoms. The molecule has 1 unspecified atom stereocenters. The zero-order valence-electron chi connectivity index (χ0n) is 10.9. The van der Waals surface area contributed by atoms with E-state index in [9.17, 15) is 5.11 Å². The quantitative estimate of drug-likeness (QED) is 0.806. The fraction of sp³-hybridized carbons (Fsp3) is 0.769. The van der Waals surface area contributed by atoms with Gasteiger partial charge in [-0.2, -0.15) is 0 Å². The summed E-state index contributed by atoms with van der Waals surface area (Å²) in [6.45, 7) is 9.45. The van der Waals surface area contributed by atoms with Gasteiger partial charge in [0.05, 0.1) is 6.10 Å². The van der Waals surface area contributed by atoms with Gasteiger partial charge in [-0.3, -0.25) is 0 Å². The summed E-state index contributed by atoms with van der Waals surface area (Å²) in [5.74, 6) is 0.996. The fourth-order valence-electron chi connectivity index (χ4n) is 1.66. The van der Waals surface area contributed by atoms with Gasteiger partial charge in [0.2, 0.25) is 0 Å². The highest BCUT2D eigenvalue weighted by Crippen LogP contribution is 2.26. The molecule has 1 atom stereocenters. The summed E-state index contributed by atoms with van der Waals surface area (Å²) in [6.07, 6.45) is 6.20. The van der Waals surface area contributed by atoms with E-state index in [1.807, 2.05) is 12.4 Å². The maximum Gasteiger partial charge on any atom is 0.111 e. The number of nitrogens with zero attached hydrogens (tertiary/aromatic N) is 2. The molecule has 0 aliphatic carbocycles. The molecule has 0 aliphatic rings. The summed E-state index contributed by atoms with van der Waals surface area (Å²) < 4.78 is 2.13. The first kappa shape index (κ1) is 13.2. The summed E-state index contributed by atoms with van der Waals surface area (Å²) >= 11 is 0. The van der Waals surface area contributed by atoms with Gasteiger partial charge >= 0.3 is 0 Å². The number of rotatable bonds is 6. The molecule has 0 saturated heterocycles. The van der Waals surface area contributed by atoms with E-state index in [1.54, 1.807) is 0 Å². The zero-order valence-corrected chi connectivity index (χ0v) is 10.9. The molecule has 0 spiro atoms. The van der Waals surface area contributed by atoms with Crippen molar-refractivity contribution in [2.45, 2.75) is 59.6 Å². The van der Waals surface area contributed by atoms with Crippen molar-refractivity contribution in [1.82, 2.24) is 9.55 Å². The van der Waals surface area contributed by atoms with E-state index in [0.717, 1.165) is 25.2 Å². The Morgan fingerprint density at radius 3 is 2.69 bits per heavy atom. The third-order valence-electron chi connectivity index (χ3n) is 3.46. The standard InChI is InChI=1S/C13H24N2O/c1-5-8-15-9-7-14-12(15)10-11(16)13(3,4)6-2/h7,9,11,16H,5-6,8,10H2,1-4H3. The van der Waals surface area contributed by atoms with E-state index in [-0.39, 0.29) is 11.5 Å². The first-order chi connectivity index (χ1) is 7.51. The van der Waals surface area contributed by atoms with Gasteiger partial charge in [-0.15, -0.1) is 0 Å². The first-order valence-electron chi connectivity index (χ1n) is 6.19. The number of aromatic nitrogens is 2. The minimum absolute atomic E-state index is 0.0387. The maximum absolute atomic E-state index is 10.2. The van der Waals surface area contributed by atoms with Gasteiger partial charge in [-0.1, -0.05) is 27.7 Å². The molecule has 0 radical (unpaired) electrons. The lowest BCUT2D eigenvalue weighted by Gasteiger charge is -2.29. The Morgan fingerprint density at radius 2 is 2.12 bits per heavy atom. The van der Waals surface area contributed by atoms with Gasteiger partial charge in [0.25, 0.3) is 0 Å². The molecule has 0 bridgehead atoms. The van der Waals surface area contributed by atoms with Gasteiger partial charge in [-0.25, -0.2) is 4.98 Å². The van der Waals surface area contributed by atoms with Crippen LogP contribution in [0, 0.1) is 5.41 Å². The Morgan fingerprint density at radius 1 is 1.44 bits per heavy atom. The highest BCUT2D eigenvalue weighted by atomic mass is 16.3. The van der Waals surface area contributed by atoms with Crippen LogP contribution in [0.3, 0.4) is 0 Å². The molecule has 1 N–H and O–H groups in total. The van der Waals surface area contributed by atoms with Gasteiger partial charge < -0.3 is 9.67 Å².